The molecule has 9 aromatic rings. The summed E-state index contributed by atoms with van der Waals surface area (Å²) >= 11 is 0. The van der Waals surface area contributed by atoms with Crippen molar-refractivity contribution in [1.29, 1.82) is 0 Å². The molecule has 0 atom stereocenters. The predicted octanol–water partition coefficient (Wildman–Crippen LogP) is 8.67. The summed E-state index contributed by atoms with van der Waals surface area (Å²) in [7, 11) is 0. The van der Waals surface area contributed by atoms with Crippen molar-refractivity contribution in [3.8, 4) is 39.8 Å². The largest absolute Gasteiger partial charge is 0.656 e. The van der Waals surface area contributed by atoms with Gasteiger partial charge in [-0.1, -0.05) is 97.1 Å². The van der Waals surface area contributed by atoms with Gasteiger partial charge in [0, 0.05) is 32.1 Å². The van der Waals surface area contributed by atoms with Crippen LogP contribution < -0.4 is 4.98 Å². The second kappa shape index (κ2) is 10.6. The van der Waals surface area contributed by atoms with Crippen molar-refractivity contribution in [2.45, 2.75) is 0 Å². The molecule has 0 saturated carbocycles. The quantitative estimate of drug-likeness (QED) is 0.195. The van der Waals surface area contributed by atoms with E-state index in [1.807, 2.05) is 65.3 Å². The molecular formula is C38H24N5OPt-. The second-order valence-corrected chi connectivity index (χ2v) is 10.9. The molecule has 0 aliphatic carbocycles. The molecule has 9 rings (SSSR count). The maximum Gasteiger partial charge on any atom is 0.149 e. The average Bonchev–Trinajstić information content (AvgIpc) is 3.77. The topological polar surface area (TPSA) is 70.0 Å². The van der Waals surface area contributed by atoms with Gasteiger partial charge in [-0.05, 0) is 58.8 Å². The van der Waals surface area contributed by atoms with E-state index in [1.54, 1.807) is 6.07 Å². The van der Waals surface area contributed by atoms with E-state index < -0.39 is 0 Å². The first-order valence-electron chi connectivity index (χ1n) is 14.5. The van der Waals surface area contributed by atoms with Crippen molar-refractivity contribution in [3.05, 3.63) is 140 Å². The molecule has 0 saturated heterocycles. The van der Waals surface area contributed by atoms with E-state index in [2.05, 4.69) is 77.4 Å². The van der Waals surface area contributed by atoms with E-state index in [0.717, 1.165) is 66.4 Å². The fourth-order valence-corrected chi connectivity index (χ4v) is 6.38. The number of aromatic nitrogens is 5. The average molecular weight is 762 g/mol. The molecule has 0 fully saturated rings. The van der Waals surface area contributed by atoms with Crippen LogP contribution in [0.15, 0.2) is 140 Å². The maximum atomic E-state index is 10.9. The summed E-state index contributed by atoms with van der Waals surface area (Å²) in [6.45, 7) is 0. The Bertz CT molecular complexity index is 2530. The molecule has 0 spiro atoms. The number of hydrogen-bond donors (Lipinski definition) is 1. The number of phenolic OH excluding ortho intramolecular Hbond substituents is 1. The Morgan fingerprint density at radius 2 is 1.24 bits per heavy atom. The van der Waals surface area contributed by atoms with Crippen LogP contribution >= 0.6 is 0 Å². The standard InChI is InChI=1S/C38H24N5O.Pt/c44-34-23-9-6-16-28(34)38-40-37-32(42(38)24-12-2-1-3-13-24)21-11-22-33(37)43-31-20-8-5-15-27(31)36(41-43)29-18-10-17-26-25-14-4-7-19-30(25)39-35(26)29;/h1-23H,(H-,39,40,41,44);/q-1;. The summed E-state index contributed by atoms with van der Waals surface area (Å²) in [5.41, 5.74) is 8.92. The number of aromatic hydroxyl groups is 1. The number of hydrogen-bond acceptors (Lipinski definition) is 3. The minimum Gasteiger partial charge on any atom is -0.656 e. The van der Waals surface area contributed by atoms with Crippen molar-refractivity contribution in [2.75, 3.05) is 0 Å². The summed E-state index contributed by atoms with van der Waals surface area (Å²) in [6, 6.07) is 46.5. The molecule has 0 amide bonds. The third-order valence-corrected chi connectivity index (χ3v) is 8.36. The monoisotopic (exact) mass is 761 g/mol. The number of benzene rings is 6. The first kappa shape index (κ1) is 27.1. The molecule has 6 nitrogen and oxygen atoms in total. The molecule has 0 radical (unpaired) electrons. The smallest absolute Gasteiger partial charge is 0.149 e. The Hall–Kier alpha value is -5.45. The number of para-hydroxylation sites is 6. The van der Waals surface area contributed by atoms with Crippen molar-refractivity contribution in [2.24, 2.45) is 0 Å². The van der Waals surface area contributed by atoms with Gasteiger partial charge in [0.05, 0.1) is 28.0 Å². The van der Waals surface area contributed by atoms with E-state index >= 15 is 0 Å². The van der Waals surface area contributed by atoms with Gasteiger partial charge in [0.15, 0.2) is 0 Å². The van der Waals surface area contributed by atoms with Gasteiger partial charge < -0.3 is 10.1 Å². The van der Waals surface area contributed by atoms with Gasteiger partial charge in [0.25, 0.3) is 0 Å². The Morgan fingerprint density at radius 3 is 2.11 bits per heavy atom. The molecule has 3 heterocycles. The summed E-state index contributed by atoms with van der Waals surface area (Å²) in [5, 5.41) is 19.5. The molecular weight excluding hydrogens is 738 g/mol. The van der Waals surface area contributed by atoms with E-state index in [4.69, 9.17) is 15.1 Å². The van der Waals surface area contributed by atoms with Crippen LogP contribution in [-0.2, 0) is 21.1 Å². The number of imidazole rings is 1. The summed E-state index contributed by atoms with van der Waals surface area (Å²) < 4.78 is 4.09. The summed E-state index contributed by atoms with van der Waals surface area (Å²) in [6.07, 6.45) is 0. The van der Waals surface area contributed by atoms with Crippen LogP contribution in [0.5, 0.6) is 5.75 Å². The van der Waals surface area contributed by atoms with Crippen molar-refractivity contribution < 1.29 is 26.2 Å². The van der Waals surface area contributed by atoms with E-state index in [-0.39, 0.29) is 26.8 Å². The van der Waals surface area contributed by atoms with E-state index in [1.165, 1.54) is 0 Å². The first-order valence-corrected chi connectivity index (χ1v) is 14.5. The SMILES string of the molecule is Oc1ccccc1-c1nc2c(-n3nc(-c4cccc5c4[n-]c4ccccc45)c4ccccc43)cccc2n1-c1ccccc1.[Pt]. The van der Waals surface area contributed by atoms with Gasteiger partial charge in [0.1, 0.15) is 17.1 Å². The molecule has 0 bridgehead atoms. The molecule has 1 N–H and O–H groups in total. The van der Waals surface area contributed by atoms with Crippen LogP contribution in [0.3, 0.4) is 0 Å². The zero-order chi connectivity index (χ0) is 29.2. The Morgan fingerprint density at radius 1 is 0.578 bits per heavy atom. The molecule has 218 valence electrons. The van der Waals surface area contributed by atoms with Gasteiger partial charge in [-0.2, -0.15) is 5.10 Å². The molecule has 0 aliphatic heterocycles. The van der Waals surface area contributed by atoms with E-state index in [9.17, 15) is 5.11 Å². The number of fused-ring (bicyclic) bond motifs is 5. The molecule has 0 aliphatic rings. The van der Waals surface area contributed by atoms with Crippen LogP contribution in [0, 0.1) is 0 Å². The van der Waals surface area contributed by atoms with Crippen molar-refractivity contribution >= 4 is 43.7 Å². The van der Waals surface area contributed by atoms with Gasteiger partial charge in [-0.25, -0.2) is 9.67 Å². The van der Waals surface area contributed by atoms with Crippen LogP contribution in [0.25, 0.3) is 77.8 Å². The third kappa shape index (κ3) is 4.14. The normalized spacial score (nSPS) is 11.5. The van der Waals surface area contributed by atoms with Gasteiger partial charge >= 0.3 is 0 Å². The predicted molar refractivity (Wildman–Crippen MR) is 177 cm³/mol. The number of rotatable bonds is 4. The van der Waals surface area contributed by atoms with Crippen LogP contribution in [0.4, 0.5) is 0 Å². The Kier molecular flexibility index (Phi) is 6.40. The molecule has 45 heavy (non-hydrogen) atoms. The summed E-state index contributed by atoms with van der Waals surface area (Å²) in [4.78, 5) is 10.2. The zero-order valence-corrected chi connectivity index (χ0v) is 26.1. The van der Waals surface area contributed by atoms with Crippen LogP contribution in [-0.4, -0.2) is 24.4 Å². The first-order chi connectivity index (χ1) is 21.8. The Balaban J connectivity index is 0.00000300. The number of phenols is 1. The minimum atomic E-state index is 0. The maximum absolute atomic E-state index is 10.9. The van der Waals surface area contributed by atoms with Gasteiger partial charge in [0.2, 0.25) is 0 Å². The van der Waals surface area contributed by atoms with Gasteiger partial charge in [-0.15, -0.1) is 11.0 Å². The third-order valence-electron chi connectivity index (χ3n) is 8.36. The number of nitrogens with zero attached hydrogens (tertiary/aromatic N) is 5. The molecule has 3 aromatic heterocycles. The zero-order valence-electron chi connectivity index (χ0n) is 23.8. The molecule has 6 aromatic carbocycles. The minimum absolute atomic E-state index is 0. The molecule has 0 unspecified atom stereocenters. The summed E-state index contributed by atoms with van der Waals surface area (Å²) in [5.74, 6) is 0.835. The second-order valence-electron chi connectivity index (χ2n) is 10.9. The molecule has 7 heteroatoms. The Labute approximate surface area is 272 Å². The van der Waals surface area contributed by atoms with E-state index in [0.29, 0.717) is 11.4 Å². The van der Waals surface area contributed by atoms with Crippen molar-refractivity contribution in [1.82, 2.24) is 24.3 Å². The van der Waals surface area contributed by atoms with Gasteiger partial charge in [-0.3, -0.25) is 4.57 Å². The van der Waals surface area contributed by atoms with Crippen LogP contribution in [0.1, 0.15) is 0 Å². The van der Waals surface area contributed by atoms with Crippen LogP contribution in [0.2, 0.25) is 0 Å². The fourth-order valence-electron chi connectivity index (χ4n) is 6.38. The van der Waals surface area contributed by atoms with Crippen molar-refractivity contribution in [3.63, 3.8) is 0 Å². The fraction of sp³-hybridized carbons (Fsp3) is 0.